The fraction of sp³-hybridized carbons (Fsp3) is 0.0400. The lowest BCUT2D eigenvalue weighted by Gasteiger charge is -2.06. The van der Waals surface area contributed by atoms with Gasteiger partial charge in [0.2, 0.25) is 5.78 Å². The molecule has 5 nitrogen and oxygen atoms in total. The van der Waals surface area contributed by atoms with Gasteiger partial charge in [-0.2, -0.15) is 0 Å². The normalized spacial score (nSPS) is 13.9. The highest BCUT2D eigenvalue weighted by molar-refractivity contribution is 6.33. The maximum Gasteiger partial charge on any atom is 0.345 e. The van der Waals surface area contributed by atoms with Gasteiger partial charge in [0.1, 0.15) is 17.2 Å². The molecule has 0 amide bonds. The fourth-order valence-electron chi connectivity index (χ4n) is 3.08. The number of allylic oxidation sites excluding steroid dienone is 3. The first-order chi connectivity index (χ1) is 15.1. The monoisotopic (exact) mass is 432 g/mol. The van der Waals surface area contributed by atoms with Crippen LogP contribution in [0.25, 0.3) is 6.08 Å². The lowest BCUT2D eigenvalue weighted by atomic mass is 10.1. The first-order valence-electron chi connectivity index (χ1n) is 9.41. The van der Waals surface area contributed by atoms with E-state index in [1.165, 1.54) is 6.07 Å². The van der Waals surface area contributed by atoms with Gasteiger partial charge in [-0.15, -0.1) is 0 Å². The van der Waals surface area contributed by atoms with Gasteiger partial charge in [0.15, 0.2) is 5.76 Å². The van der Waals surface area contributed by atoms with Gasteiger partial charge in [0.25, 0.3) is 0 Å². The molecule has 31 heavy (non-hydrogen) atoms. The van der Waals surface area contributed by atoms with Crippen molar-refractivity contribution >= 4 is 29.4 Å². The Kier molecular flexibility index (Phi) is 5.87. The number of hydrogen-bond donors (Lipinski definition) is 0. The number of carbonyl (C=O) groups excluding carboxylic acids is 2. The molecular weight excluding hydrogens is 416 g/mol. The topological polar surface area (TPSA) is 61.8 Å². The Hall–Kier alpha value is -3.83. The van der Waals surface area contributed by atoms with Gasteiger partial charge in [0.05, 0.1) is 23.3 Å². The van der Waals surface area contributed by atoms with Crippen molar-refractivity contribution < 1.29 is 23.8 Å². The minimum atomic E-state index is -0.592. The van der Waals surface area contributed by atoms with Crippen LogP contribution in [0.3, 0.4) is 0 Å². The molecule has 1 heterocycles. The zero-order valence-corrected chi connectivity index (χ0v) is 17.3. The Balaban J connectivity index is 1.50. The van der Waals surface area contributed by atoms with Crippen LogP contribution in [0.1, 0.15) is 26.3 Å². The van der Waals surface area contributed by atoms with E-state index in [4.69, 9.17) is 25.8 Å². The van der Waals surface area contributed by atoms with Gasteiger partial charge >= 0.3 is 5.97 Å². The maximum absolute atomic E-state index is 12.6. The number of methoxy groups -OCH3 is 1. The van der Waals surface area contributed by atoms with Crippen LogP contribution in [-0.2, 0) is 0 Å². The number of para-hydroxylation sites is 1. The van der Waals surface area contributed by atoms with Crippen LogP contribution < -0.4 is 14.2 Å². The summed E-state index contributed by atoms with van der Waals surface area (Å²) in [7, 11) is 1.60. The number of rotatable bonds is 5. The van der Waals surface area contributed by atoms with Gasteiger partial charge in [-0.05, 0) is 36.4 Å². The SMILES string of the molecule is COc1ccccc1C=CC=C1Oc2cc(OC(=O)c3ccccc3Cl)ccc2C1=O. The minimum Gasteiger partial charge on any atom is -0.496 e. The Morgan fingerprint density at radius 2 is 1.81 bits per heavy atom. The van der Waals surface area contributed by atoms with Crippen LogP contribution in [0.4, 0.5) is 0 Å². The number of Topliss-reactive ketones (excluding diaryl/α,β-unsaturated/α-hetero) is 1. The third-order valence-electron chi connectivity index (χ3n) is 4.61. The van der Waals surface area contributed by atoms with Crippen LogP contribution in [0, 0.1) is 0 Å². The molecular formula is C25H17ClO5. The molecule has 3 aromatic carbocycles. The highest BCUT2D eigenvalue weighted by atomic mass is 35.5. The number of hydrogen-bond acceptors (Lipinski definition) is 5. The number of ketones is 1. The number of carbonyl (C=O) groups is 2. The number of fused-ring (bicyclic) bond motifs is 1. The highest BCUT2D eigenvalue weighted by Crippen LogP contribution is 2.34. The van der Waals surface area contributed by atoms with Crippen LogP contribution in [0.15, 0.2) is 84.6 Å². The van der Waals surface area contributed by atoms with Crippen molar-refractivity contribution in [3.8, 4) is 17.2 Å². The summed E-state index contributed by atoms with van der Waals surface area (Å²) >= 11 is 6.04. The predicted molar refractivity (Wildman–Crippen MR) is 118 cm³/mol. The zero-order valence-electron chi connectivity index (χ0n) is 16.5. The molecule has 0 aliphatic carbocycles. The summed E-state index contributed by atoms with van der Waals surface area (Å²) in [6.45, 7) is 0. The van der Waals surface area contributed by atoms with Crippen molar-refractivity contribution in [2.75, 3.05) is 7.11 Å². The molecule has 4 rings (SSSR count). The highest BCUT2D eigenvalue weighted by Gasteiger charge is 2.27. The second-order valence-corrected chi connectivity index (χ2v) is 7.00. The summed E-state index contributed by atoms with van der Waals surface area (Å²) in [4.78, 5) is 24.9. The smallest absolute Gasteiger partial charge is 0.345 e. The Morgan fingerprint density at radius 3 is 2.61 bits per heavy atom. The van der Waals surface area contributed by atoms with Gasteiger partial charge < -0.3 is 14.2 Å². The summed E-state index contributed by atoms with van der Waals surface area (Å²) in [5.74, 6) is 0.641. The second-order valence-electron chi connectivity index (χ2n) is 6.59. The molecule has 0 spiro atoms. The van der Waals surface area contributed by atoms with Crippen molar-refractivity contribution in [2.45, 2.75) is 0 Å². The summed E-state index contributed by atoms with van der Waals surface area (Å²) < 4.78 is 16.4. The van der Waals surface area contributed by atoms with E-state index < -0.39 is 5.97 Å². The summed E-state index contributed by atoms with van der Waals surface area (Å²) in [6, 6.07) is 18.8. The van der Waals surface area contributed by atoms with Gasteiger partial charge in [-0.25, -0.2) is 4.79 Å². The van der Waals surface area contributed by atoms with Crippen molar-refractivity contribution in [1.82, 2.24) is 0 Å². The van der Waals surface area contributed by atoms with Crippen LogP contribution in [-0.4, -0.2) is 18.9 Å². The summed E-state index contributed by atoms with van der Waals surface area (Å²) in [5.41, 5.74) is 1.52. The molecule has 0 fully saturated rings. The maximum atomic E-state index is 12.6. The molecule has 0 N–H and O–H groups in total. The fourth-order valence-corrected chi connectivity index (χ4v) is 3.29. The molecule has 0 radical (unpaired) electrons. The molecule has 0 saturated heterocycles. The Morgan fingerprint density at radius 1 is 1.03 bits per heavy atom. The average Bonchev–Trinajstić information content (AvgIpc) is 3.09. The summed E-state index contributed by atoms with van der Waals surface area (Å²) in [5, 5.41) is 0.298. The van der Waals surface area contributed by atoms with Crippen LogP contribution >= 0.6 is 11.6 Å². The molecule has 1 aliphatic rings. The van der Waals surface area contributed by atoms with Gasteiger partial charge in [-0.3, -0.25) is 4.79 Å². The Labute approximate surface area is 184 Å². The number of halogens is 1. The Bertz CT molecular complexity index is 1230. The van der Waals surface area contributed by atoms with E-state index in [9.17, 15) is 9.59 Å². The van der Waals surface area contributed by atoms with Crippen molar-refractivity contribution in [3.63, 3.8) is 0 Å². The van der Waals surface area contributed by atoms with E-state index in [-0.39, 0.29) is 22.9 Å². The standard InChI is InChI=1S/C25H17ClO5/c1-29-21-11-5-2-7-16(21)8-6-12-22-24(27)19-14-13-17(15-23(19)31-22)30-25(28)18-9-3-4-10-20(18)26/h2-15H,1H3. The minimum absolute atomic E-state index is 0.177. The average molecular weight is 433 g/mol. The lowest BCUT2D eigenvalue weighted by Crippen LogP contribution is -2.09. The molecule has 0 aromatic heterocycles. The number of ether oxygens (including phenoxy) is 3. The molecule has 3 aromatic rings. The van der Waals surface area contributed by atoms with Crippen LogP contribution in [0.5, 0.6) is 17.2 Å². The van der Waals surface area contributed by atoms with E-state index in [0.29, 0.717) is 16.3 Å². The number of esters is 1. The molecule has 0 atom stereocenters. The second kappa shape index (κ2) is 8.90. The first-order valence-corrected chi connectivity index (χ1v) is 9.79. The predicted octanol–water partition coefficient (Wildman–Crippen LogP) is 5.74. The number of benzene rings is 3. The van der Waals surface area contributed by atoms with E-state index >= 15 is 0 Å². The molecule has 1 aliphatic heterocycles. The molecule has 0 bridgehead atoms. The largest absolute Gasteiger partial charge is 0.496 e. The lowest BCUT2D eigenvalue weighted by molar-refractivity contribution is 0.0734. The van der Waals surface area contributed by atoms with Crippen molar-refractivity contribution in [3.05, 3.63) is 106 Å². The quantitative estimate of drug-likeness (QED) is 0.292. The van der Waals surface area contributed by atoms with Gasteiger partial charge in [-0.1, -0.05) is 54.1 Å². The van der Waals surface area contributed by atoms with E-state index in [0.717, 1.165) is 11.3 Å². The molecule has 0 saturated carbocycles. The van der Waals surface area contributed by atoms with E-state index in [1.54, 1.807) is 55.7 Å². The van der Waals surface area contributed by atoms with Gasteiger partial charge in [0, 0.05) is 11.6 Å². The third-order valence-corrected chi connectivity index (χ3v) is 4.94. The van der Waals surface area contributed by atoms with Crippen LogP contribution in [0.2, 0.25) is 5.02 Å². The van der Waals surface area contributed by atoms with Crippen molar-refractivity contribution in [2.24, 2.45) is 0 Å². The van der Waals surface area contributed by atoms with Crippen molar-refractivity contribution in [1.29, 1.82) is 0 Å². The molecule has 6 heteroatoms. The third kappa shape index (κ3) is 4.37. The van der Waals surface area contributed by atoms with E-state index in [1.807, 2.05) is 30.3 Å². The zero-order chi connectivity index (χ0) is 21.8. The molecule has 0 unspecified atom stereocenters. The molecule has 154 valence electrons. The first kappa shape index (κ1) is 20.4. The van der Waals surface area contributed by atoms with E-state index in [2.05, 4.69) is 0 Å². The summed E-state index contributed by atoms with van der Waals surface area (Å²) in [6.07, 6.45) is 5.13.